The van der Waals surface area contributed by atoms with Crippen LogP contribution < -0.4 is 0 Å². The Morgan fingerprint density at radius 1 is 0.244 bits per heavy atom. The van der Waals surface area contributed by atoms with E-state index in [4.69, 9.17) is 14.2 Å². The van der Waals surface area contributed by atoms with Crippen LogP contribution in [0, 0.1) is 0 Å². The SMILES string of the molecule is CCCCCCCCC/C=C\CCCCCCCCCC(=O)OC(COC(=O)CCCCCCC/C=C\CCCCCCCCC)COC(=O)CCCCCCCCCCCCCCCCCCCCCCCCCCCC. The zero-order valence-corrected chi connectivity index (χ0v) is 53.0. The number of unbranched alkanes of at least 4 members (excludes halogenated alkanes) is 51. The molecule has 0 bridgehead atoms. The lowest BCUT2D eigenvalue weighted by atomic mass is 10.0. The Bertz CT molecular complexity index is 1260. The Hall–Kier alpha value is -2.11. The van der Waals surface area contributed by atoms with E-state index in [1.165, 1.54) is 295 Å². The van der Waals surface area contributed by atoms with Crippen LogP contribution in [0.5, 0.6) is 0 Å². The van der Waals surface area contributed by atoms with E-state index in [1.807, 2.05) is 0 Å². The van der Waals surface area contributed by atoms with Crippen molar-refractivity contribution in [1.29, 1.82) is 0 Å². The summed E-state index contributed by atoms with van der Waals surface area (Å²) in [5.41, 5.74) is 0. The lowest BCUT2D eigenvalue weighted by Gasteiger charge is -2.18. The zero-order chi connectivity index (χ0) is 56.4. The first kappa shape index (κ1) is 75.9. The van der Waals surface area contributed by atoms with Crippen LogP contribution in [0.1, 0.15) is 400 Å². The molecule has 0 rings (SSSR count). The molecular formula is C72H136O6. The minimum atomic E-state index is -0.775. The van der Waals surface area contributed by atoms with Gasteiger partial charge >= 0.3 is 17.9 Å². The molecule has 0 heterocycles. The smallest absolute Gasteiger partial charge is 0.306 e. The van der Waals surface area contributed by atoms with Crippen LogP contribution in [0.4, 0.5) is 0 Å². The average Bonchev–Trinajstić information content (AvgIpc) is 3.44. The summed E-state index contributed by atoms with van der Waals surface area (Å²) in [4.78, 5) is 38.4. The highest BCUT2D eigenvalue weighted by Gasteiger charge is 2.19. The van der Waals surface area contributed by atoms with Crippen molar-refractivity contribution in [1.82, 2.24) is 0 Å². The Labute approximate surface area is 487 Å². The topological polar surface area (TPSA) is 78.9 Å². The molecule has 0 spiro atoms. The summed E-state index contributed by atoms with van der Waals surface area (Å²) in [5.74, 6) is -0.853. The van der Waals surface area contributed by atoms with Crippen molar-refractivity contribution < 1.29 is 28.6 Å². The Morgan fingerprint density at radius 2 is 0.423 bits per heavy atom. The first-order chi connectivity index (χ1) is 38.5. The minimum absolute atomic E-state index is 0.0703. The summed E-state index contributed by atoms with van der Waals surface area (Å²) in [7, 11) is 0. The summed E-state index contributed by atoms with van der Waals surface area (Å²) in [6.45, 7) is 6.71. The molecule has 0 aliphatic heterocycles. The molecule has 0 N–H and O–H groups in total. The number of carbonyl (C=O) groups is 3. The molecule has 1 atom stereocenters. The van der Waals surface area contributed by atoms with E-state index in [2.05, 4.69) is 45.1 Å². The van der Waals surface area contributed by atoms with Crippen molar-refractivity contribution in [3.63, 3.8) is 0 Å². The quantitative estimate of drug-likeness (QED) is 0.0261. The highest BCUT2D eigenvalue weighted by molar-refractivity contribution is 5.71. The molecule has 0 aromatic carbocycles. The van der Waals surface area contributed by atoms with Crippen LogP contribution >= 0.6 is 0 Å². The van der Waals surface area contributed by atoms with Crippen LogP contribution in [0.15, 0.2) is 24.3 Å². The average molecular weight is 1100 g/mol. The Kier molecular flexibility index (Phi) is 65.6. The van der Waals surface area contributed by atoms with Gasteiger partial charge in [0.15, 0.2) is 6.10 Å². The maximum absolute atomic E-state index is 12.9. The molecule has 460 valence electrons. The molecule has 0 saturated heterocycles. The van der Waals surface area contributed by atoms with Gasteiger partial charge in [-0.3, -0.25) is 14.4 Å². The van der Waals surface area contributed by atoms with Gasteiger partial charge in [-0.25, -0.2) is 0 Å². The summed E-state index contributed by atoms with van der Waals surface area (Å²) < 4.78 is 17.0. The molecule has 0 aliphatic rings. The van der Waals surface area contributed by atoms with Gasteiger partial charge in [-0.2, -0.15) is 0 Å². The molecule has 0 radical (unpaired) electrons. The first-order valence-electron chi connectivity index (χ1n) is 35.3. The molecule has 0 fully saturated rings. The van der Waals surface area contributed by atoms with E-state index in [1.54, 1.807) is 0 Å². The predicted octanol–water partition coefficient (Wildman–Crippen LogP) is 24.2. The third-order valence-electron chi connectivity index (χ3n) is 16.2. The number of allylic oxidation sites excluding steroid dienone is 4. The van der Waals surface area contributed by atoms with Crippen molar-refractivity contribution in [2.45, 2.75) is 406 Å². The fourth-order valence-electron chi connectivity index (χ4n) is 10.8. The zero-order valence-electron chi connectivity index (χ0n) is 53.0. The summed E-state index contributed by atoms with van der Waals surface area (Å²) >= 11 is 0. The van der Waals surface area contributed by atoms with Gasteiger partial charge in [-0.05, 0) is 70.6 Å². The summed E-state index contributed by atoms with van der Waals surface area (Å²) in [6, 6.07) is 0. The lowest BCUT2D eigenvalue weighted by molar-refractivity contribution is -0.167. The summed E-state index contributed by atoms with van der Waals surface area (Å²) in [5, 5.41) is 0. The third kappa shape index (κ3) is 64.7. The Balaban J connectivity index is 4.25. The van der Waals surface area contributed by atoms with E-state index < -0.39 is 6.10 Å². The van der Waals surface area contributed by atoms with Crippen LogP contribution in [-0.4, -0.2) is 37.2 Å². The highest BCUT2D eigenvalue weighted by Crippen LogP contribution is 2.19. The van der Waals surface area contributed by atoms with Gasteiger partial charge in [0.1, 0.15) is 13.2 Å². The number of hydrogen-bond donors (Lipinski definition) is 0. The van der Waals surface area contributed by atoms with Crippen LogP contribution in [0.3, 0.4) is 0 Å². The van der Waals surface area contributed by atoms with Gasteiger partial charge in [0, 0.05) is 19.3 Å². The van der Waals surface area contributed by atoms with Crippen LogP contribution in [-0.2, 0) is 28.6 Å². The second-order valence-corrected chi connectivity index (χ2v) is 24.1. The maximum Gasteiger partial charge on any atom is 0.306 e. The molecule has 6 nitrogen and oxygen atoms in total. The predicted molar refractivity (Wildman–Crippen MR) is 340 cm³/mol. The molecule has 6 heteroatoms. The van der Waals surface area contributed by atoms with Gasteiger partial charge in [0.05, 0.1) is 0 Å². The molecule has 0 aromatic rings. The monoisotopic (exact) mass is 1100 g/mol. The largest absolute Gasteiger partial charge is 0.462 e. The second-order valence-electron chi connectivity index (χ2n) is 24.1. The van der Waals surface area contributed by atoms with Crippen molar-refractivity contribution in [2.75, 3.05) is 13.2 Å². The van der Waals surface area contributed by atoms with Crippen molar-refractivity contribution in [2.24, 2.45) is 0 Å². The van der Waals surface area contributed by atoms with Gasteiger partial charge in [-0.1, -0.05) is 334 Å². The molecule has 0 aromatic heterocycles. The highest BCUT2D eigenvalue weighted by atomic mass is 16.6. The number of esters is 3. The number of ether oxygens (including phenoxy) is 3. The van der Waals surface area contributed by atoms with E-state index >= 15 is 0 Å². The number of hydrogen-bond acceptors (Lipinski definition) is 6. The van der Waals surface area contributed by atoms with E-state index in [0.29, 0.717) is 19.3 Å². The normalized spacial score (nSPS) is 12.1. The van der Waals surface area contributed by atoms with Crippen molar-refractivity contribution >= 4 is 17.9 Å². The van der Waals surface area contributed by atoms with E-state index in [-0.39, 0.29) is 31.1 Å². The van der Waals surface area contributed by atoms with Crippen molar-refractivity contribution in [3.05, 3.63) is 24.3 Å². The van der Waals surface area contributed by atoms with E-state index in [0.717, 1.165) is 64.2 Å². The van der Waals surface area contributed by atoms with Gasteiger partial charge < -0.3 is 14.2 Å². The minimum Gasteiger partial charge on any atom is -0.462 e. The lowest BCUT2D eigenvalue weighted by Crippen LogP contribution is -2.30. The fourth-order valence-corrected chi connectivity index (χ4v) is 10.8. The maximum atomic E-state index is 12.9. The number of rotatable bonds is 66. The summed E-state index contributed by atoms with van der Waals surface area (Å²) in [6.07, 6.45) is 82.1. The molecule has 0 aliphatic carbocycles. The van der Waals surface area contributed by atoms with Gasteiger partial charge in [0.2, 0.25) is 0 Å². The van der Waals surface area contributed by atoms with Crippen molar-refractivity contribution in [3.8, 4) is 0 Å². The standard InChI is InChI=1S/C72H136O6/c1-4-7-10-13-16-19-22-25-28-31-33-34-35-36-37-38-39-40-42-44-47-50-53-56-59-62-65-71(74)77-68-69(67-76-70(73)64-61-58-55-52-49-46-43-30-27-24-21-18-15-12-9-6-3)78-72(75)66-63-60-57-54-51-48-45-41-32-29-26-23-20-17-14-11-8-5-2/h29-30,32,43,69H,4-28,31,33-42,44-68H2,1-3H3/b32-29-,43-30-. The third-order valence-corrected chi connectivity index (χ3v) is 16.2. The van der Waals surface area contributed by atoms with Gasteiger partial charge in [0.25, 0.3) is 0 Å². The molecule has 0 amide bonds. The second kappa shape index (κ2) is 67.4. The van der Waals surface area contributed by atoms with Crippen LogP contribution in [0.2, 0.25) is 0 Å². The van der Waals surface area contributed by atoms with E-state index in [9.17, 15) is 14.4 Å². The molecule has 0 saturated carbocycles. The fraction of sp³-hybridized carbons (Fsp3) is 0.903. The molecular weight excluding hydrogens is 961 g/mol. The Morgan fingerprint density at radius 3 is 0.641 bits per heavy atom. The molecule has 78 heavy (non-hydrogen) atoms. The molecule has 1 unspecified atom stereocenters. The van der Waals surface area contributed by atoms with Crippen LogP contribution in [0.25, 0.3) is 0 Å². The number of carbonyl (C=O) groups excluding carboxylic acids is 3. The van der Waals surface area contributed by atoms with Gasteiger partial charge in [-0.15, -0.1) is 0 Å². The first-order valence-corrected chi connectivity index (χ1v) is 35.3.